The van der Waals surface area contributed by atoms with Gasteiger partial charge >= 0.3 is 0 Å². The number of amides is 2. The second kappa shape index (κ2) is 11.9. The molecule has 0 fully saturated rings. The van der Waals surface area contributed by atoms with Gasteiger partial charge in [0.2, 0.25) is 5.91 Å². The average Bonchev–Trinajstić information content (AvgIpc) is 2.83. The van der Waals surface area contributed by atoms with Crippen LogP contribution in [0.4, 0.5) is 0 Å². The number of hydrogen-bond donors (Lipinski definition) is 1. The molecule has 6 heteroatoms. The van der Waals surface area contributed by atoms with Crippen LogP contribution in [-0.4, -0.2) is 29.9 Å². The van der Waals surface area contributed by atoms with E-state index in [0.717, 1.165) is 17.5 Å². The highest BCUT2D eigenvalue weighted by Crippen LogP contribution is 2.26. The molecule has 0 aliphatic heterocycles. The summed E-state index contributed by atoms with van der Waals surface area (Å²) in [6.07, 6.45) is 0.801. The predicted molar refractivity (Wildman–Crippen MR) is 126 cm³/mol. The summed E-state index contributed by atoms with van der Waals surface area (Å²) in [4.78, 5) is 28.2. The number of para-hydroxylation sites is 1. The first-order chi connectivity index (χ1) is 15.6. The summed E-state index contributed by atoms with van der Waals surface area (Å²) in [6, 6.07) is 25.1. The molecule has 2 amide bonds. The summed E-state index contributed by atoms with van der Waals surface area (Å²) in [5.41, 5.74) is 1.66. The zero-order chi connectivity index (χ0) is 22.8. The lowest BCUT2D eigenvalue weighted by molar-refractivity contribution is -0.143. The molecule has 1 N–H and O–H groups in total. The molecule has 0 heterocycles. The van der Waals surface area contributed by atoms with E-state index in [1.807, 2.05) is 67.6 Å². The molecule has 0 aromatic heterocycles. The molecule has 3 aromatic rings. The van der Waals surface area contributed by atoms with E-state index in [2.05, 4.69) is 5.32 Å². The Morgan fingerprint density at radius 3 is 2.22 bits per heavy atom. The number of benzene rings is 3. The number of nitrogens with one attached hydrogen (secondary N) is 1. The smallest absolute Gasteiger partial charge is 0.261 e. The van der Waals surface area contributed by atoms with E-state index in [1.54, 1.807) is 29.2 Å². The minimum absolute atomic E-state index is 0.222. The molecular formula is C26H27ClN2O3. The standard InChI is InChI=1S/C26H27ClN2O3/c1-2-17-28-26(31)25(21-13-7-4-8-14-21)29(18-20-11-5-3-6-12-20)24(30)19-32-23-16-10-9-15-22(23)27/h3-16,25H,2,17-19H2,1H3,(H,28,31)/t25-/m1/s1. The molecule has 0 saturated heterocycles. The number of halogens is 1. The van der Waals surface area contributed by atoms with Gasteiger partial charge in [-0.05, 0) is 29.7 Å². The molecule has 32 heavy (non-hydrogen) atoms. The fourth-order valence-corrected chi connectivity index (χ4v) is 3.53. The molecule has 0 radical (unpaired) electrons. The molecular weight excluding hydrogens is 424 g/mol. The zero-order valence-corrected chi connectivity index (χ0v) is 18.8. The third-order valence-electron chi connectivity index (χ3n) is 4.93. The van der Waals surface area contributed by atoms with Crippen LogP contribution < -0.4 is 10.1 Å². The van der Waals surface area contributed by atoms with Crippen molar-refractivity contribution in [3.63, 3.8) is 0 Å². The van der Waals surface area contributed by atoms with Crippen LogP contribution in [0, 0.1) is 0 Å². The van der Waals surface area contributed by atoms with Crippen molar-refractivity contribution in [3.8, 4) is 5.75 Å². The van der Waals surface area contributed by atoms with E-state index in [4.69, 9.17) is 16.3 Å². The Labute approximate surface area is 194 Å². The van der Waals surface area contributed by atoms with Gasteiger partial charge in [-0.15, -0.1) is 0 Å². The normalized spacial score (nSPS) is 11.4. The first kappa shape index (κ1) is 23.4. The van der Waals surface area contributed by atoms with Gasteiger partial charge in [-0.2, -0.15) is 0 Å². The first-order valence-electron chi connectivity index (χ1n) is 10.6. The average molecular weight is 451 g/mol. The summed E-state index contributed by atoms with van der Waals surface area (Å²) in [5.74, 6) is -0.108. The summed E-state index contributed by atoms with van der Waals surface area (Å²) in [6.45, 7) is 2.55. The van der Waals surface area contributed by atoms with Crippen LogP contribution in [0.25, 0.3) is 0 Å². The Kier molecular flexibility index (Phi) is 8.70. The third-order valence-corrected chi connectivity index (χ3v) is 5.24. The second-order valence-corrected chi connectivity index (χ2v) is 7.74. The molecule has 5 nitrogen and oxygen atoms in total. The Bertz CT molecular complexity index is 1010. The highest BCUT2D eigenvalue weighted by atomic mass is 35.5. The molecule has 0 aliphatic rings. The van der Waals surface area contributed by atoms with E-state index in [0.29, 0.717) is 17.3 Å². The van der Waals surface area contributed by atoms with Crippen LogP contribution in [0.2, 0.25) is 5.02 Å². The van der Waals surface area contributed by atoms with Gasteiger partial charge in [0.05, 0.1) is 5.02 Å². The second-order valence-electron chi connectivity index (χ2n) is 7.33. The SMILES string of the molecule is CCCNC(=O)[C@@H](c1ccccc1)N(Cc1ccccc1)C(=O)COc1ccccc1Cl. The van der Waals surface area contributed by atoms with Crippen LogP contribution >= 0.6 is 11.6 Å². The number of carbonyl (C=O) groups is 2. The van der Waals surface area contributed by atoms with Crippen molar-refractivity contribution < 1.29 is 14.3 Å². The number of ether oxygens (including phenoxy) is 1. The van der Waals surface area contributed by atoms with Crippen LogP contribution in [0.5, 0.6) is 5.75 Å². The van der Waals surface area contributed by atoms with E-state index in [1.165, 1.54) is 0 Å². The highest BCUT2D eigenvalue weighted by molar-refractivity contribution is 6.32. The van der Waals surface area contributed by atoms with E-state index in [9.17, 15) is 9.59 Å². The monoisotopic (exact) mass is 450 g/mol. The topological polar surface area (TPSA) is 58.6 Å². The fraction of sp³-hybridized carbons (Fsp3) is 0.231. The summed E-state index contributed by atoms with van der Waals surface area (Å²) >= 11 is 6.17. The molecule has 0 aliphatic carbocycles. The quantitative estimate of drug-likeness (QED) is 0.472. The van der Waals surface area contributed by atoms with E-state index >= 15 is 0 Å². The van der Waals surface area contributed by atoms with E-state index in [-0.39, 0.29) is 25.0 Å². The first-order valence-corrected chi connectivity index (χ1v) is 11.0. The lowest BCUT2D eigenvalue weighted by atomic mass is 10.0. The number of nitrogens with zero attached hydrogens (tertiary/aromatic N) is 1. The number of rotatable bonds is 10. The third kappa shape index (κ3) is 6.34. The lowest BCUT2D eigenvalue weighted by Gasteiger charge is -2.31. The minimum atomic E-state index is -0.787. The largest absolute Gasteiger partial charge is 0.482 e. The lowest BCUT2D eigenvalue weighted by Crippen LogP contribution is -2.45. The summed E-state index contributed by atoms with van der Waals surface area (Å²) in [7, 11) is 0. The van der Waals surface area contributed by atoms with Gasteiger partial charge in [-0.3, -0.25) is 9.59 Å². The molecule has 3 rings (SSSR count). The zero-order valence-electron chi connectivity index (χ0n) is 18.0. The van der Waals surface area contributed by atoms with Gasteiger partial charge in [-0.25, -0.2) is 0 Å². The van der Waals surface area contributed by atoms with Gasteiger partial charge < -0.3 is 15.0 Å². The maximum absolute atomic E-state index is 13.4. The molecule has 0 unspecified atom stereocenters. The van der Waals surface area contributed by atoms with Gasteiger partial charge in [0.1, 0.15) is 11.8 Å². The summed E-state index contributed by atoms with van der Waals surface area (Å²) < 4.78 is 5.71. The van der Waals surface area contributed by atoms with Gasteiger partial charge in [-0.1, -0.05) is 91.3 Å². The summed E-state index contributed by atoms with van der Waals surface area (Å²) in [5, 5.41) is 3.37. The Morgan fingerprint density at radius 1 is 0.938 bits per heavy atom. The van der Waals surface area contributed by atoms with Gasteiger partial charge in [0, 0.05) is 13.1 Å². The molecule has 0 saturated carbocycles. The van der Waals surface area contributed by atoms with Crippen molar-refractivity contribution in [2.75, 3.05) is 13.2 Å². The maximum atomic E-state index is 13.4. The van der Waals surface area contributed by atoms with Crippen LogP contribution in [0.1, 0.15) is 30.5 Å². The van der Waals surface area contributed by atoms with Crippen LogP contribution in [0.3, 0.4) is 0 Å². The molecule has 0 bridgehead atoms. The Morgan fingerprint density at radius 2 is 1.56 bits per heavy atom. The molecule has 166 valence electrons. The van der Waals surface area contributed by atoms with Crippen molar-refractivity contribution in [2.45, 2.75) is 25.9 Å². The maximum Gasteiger partial charge on any atom is 0.261 e. The molecule has 1 atom stereocenters. The van der Waals surface area contributed by atoms with Gasteiger partial charge in [0.25, 0.3) is 5.91 Å². The Hall–Kier alpha value is -3.31. The van der Waals surface area contributed by atoms with E-state index < -0.39 is 6.04 Å². The molecule has 0 spiro atoms. The van der Waals surface area contributed by atoms with Gasteiger partial charge in [0.15, 0.2) is 6.61 Å². The highest BCUT2D eigenvalue weighted by Gasteiger charge is 2.31. The predicted octanol–water partition coefficient (Wildman–Crippen LogP) is 5.02. The van der Waals surface area contributed by atoms with Crippen molar-refractivity contribution in [2.24, 2.45) is 0 Å². The minimum Gasteiger partial charge on any atom is -0.482 e. The van der Waals surface area contributed by atoms with Crippen molar-refractivity contribution >= 4 is 23.4 Å². The fourth-order valence-electron chi connectivity index (χ4n) is 3.34. The van der Waals surface area contributed by atoms with Crippen molar-refractivity contribution in [1.29, 1.82) is 0 Å². The number of hydrogen-bond acceptors (Lipinski definition) is 3. The van der Waals surface area contributed by atoms with Crippen molar-refractivity contribution in [3.05, 3.63) is 101 Å². The number of carbonyl (C=O) groups excluding carboxylic acids is 2. The van der Waals surface area contributed by atoms with Crippen LogP contribution in [-0.2, 0) is 16.1 Å². The molecule has 3 aromatic carbocycles. The van der Waals surface area contributed by atoms with Crippen LogP contribution in [0.15, 0.2) is 84.9 Å². The Balaban J connectivity index is 1.91. The van der Waals surface area contributed by atoms with Crippen molar-refractivity contribution in [1.82, 2.24) is 10.2 Å².